The molecule has 142 valence electrons. The number of pyridine rings is 1. The number of halogens is 5. The van der Waals surface area contributed by atoms with Crippen LogP contribution in [0.25, 0.3) is 5.76 Å². The summed E-state index contributed by atoms with van der Waals surface area (Å²) in [5.74, 6) is -4.65. The van der Waals surface area contributed by atoms with Crippen LogP contribution in [0.3, 0.4) is 0 Å². The molecule has 1 aromatic heterocycles. The first-order valence-electron chi connectivity index (χ1n) is 7.36. The van der Waals surface area contributed by atoms with Gasteiger partial charge in [-0.1, -0.05) is 23.2 Å². The quantitative estimate of drug-likeness (QED) is 0.242. The lowest BCUT2D eigenvalue weighted by atomic mass is 10.1. The van der Waals surface area contributed by atoms with Crippen molar-refractivity contribution in [3.05, 3.63) is 63.2 Å². The monoisotopic (exact) mass is 418 g/mol. The summed E-state index contributed by atoms with van der Waals surface area (Å²) >= 11 is 11.3. The minimum absolute atomic E-state index is 0.0463. The number of aliphatic hydroxyl groups is 1. The van der Waals surface area contributed by atoms with Gasteiger partial charge in [0.25, 0.3) is 0 Å². The summed E-state index contributed by atoms with van der Waals surface area (Å²) in [5.41, 5.74) is -1.21. The molecule has 0 aliphatic rings. The number of aliphatic imine (C=N–C) groups is 1. The molecule has 1 heterocycles. The number of rotatable bonds is 5. The predicted octanol–water partition coefficient (Wildman–Crippen LogP) is 5.04. The molecule has 5 nitrogen and oxygen atoms in total. The van der Waals surface area contributed by atoms with Gasteiger partial charge in [0, 0.05) is 12.3 Å². The highest BCUT2D eigenvalue weighted by molar-refractivity contribution is 6.34. The summed E-state index contributed by atoms with van der Waals surface area (Å²) in [6.45, 7) is 1.47. The fraction of sp³-hybridized carbons (Fsp3) is 0.118. The van der Waals surface area contributed by atoms with Crippen molar-refractivity contribution >= 4 is 46.8 Å². The number of hydrogen-bond donors (Lipinski definition) is 1. The first kappa shape index (κ1) is 20.7. The lowest BCUT2D eigenvalue weighted by molar-refractivity contribution is -0.137. The van der Waals surface area contributed by atoms with E-state index in [0.29, 0.717) is 6.07 Å². The van der Waals surface area contributed by atoms with Crippen molar-refractivity contribution in [2.45, 2.75) is 6.92 Å². The van der Waals surface area contributed by atoms with Crippen LogP contribution in [-0.2, 0) is 9.53 Å². The maximum atomic E-state index is 13.7. The highest BCUT2D eigenvalue weighted by Gasteiger charge is 2.21. The Balaban J connectivity index is 2.57. The van der Waals surface area contributed by atoms with Crippen molar-refractivity contribution in [3.8, 4) is 0 Å². The minimum Gasteiger partial charge on any atom is -0.506 e. The topological polar surface area (TPSA) is 71.8 Å². The summed E-state index contributed by atoms with van der Waals surface area (Å²) in [4.78, 5) is 19.3. The van der Waals surface area contributed by atoms with Gasteiger partial charge >= 0.3 is 5.97 Å². The van der Waals surface area contributed by atoms with Crippen molar-refractivity contribution in [2.75, 3.05) is 6.61 Å². The van der Waals surface area contributed by atoms with E-state index in [-0.39, 0.29) is 23.0 Å². The smallest absolute Gasteiger partial charge is 0.343 e. The van der Waals surface area contributed by atoms with Crippen molar-refractivity contribution in [3.63, 3.8) is 0 Å². The SMILES string of the molecule is CCOC(=O)/C(C=Nc1ccc(F)cc1F)=C(\O)c1cc(F)c(Cl)nc1Cl. The van der Waals surface area contributed by atoms with E-state index in [1.54, 1.807) is 0 Å². The van der Waals surface area contributed by atoms with Crippen LogP contribution in [0.5, 0.6) is 0 Å². The van der Waals surface area contributed by atoms with Crippen LogP contribution in [0.2, 0.25) is 10.3 Å². The Labute approximate surface area is 161 Å². The number of ether oxygens (including phenoxy) is 1. The van der Waals surface area contributed by atoms with Crippen LogP contribution in [0.15, 0.2) is 34.8 Å². The minimum atomic E-state index is -1.03. The molecule has 10 heteroatoms. The number of aliphatic hydroxyl groups excluding tert-OH is 1. The molecular weight excluding hydrogens is 408 g/mol. The number of carbonyl (C=O) groups is 1. The van der Waals surface area contributed by atoms with Crippen molar-refractivity contribution in [1.82, 2.24) is 4.98 Å². The second-order valence-electron chi connectivity index (χ2n) is 4.94. The van der Waals surface area contributed by atoms with E-state index < -0.39 is 39.9 Å². The molecule has 0 fully saturated rings. The van der Waals surface area contributed by atoms with Crippen LogP contribution < -0.4 is 0 Å². The zero-order valence-electron chi connectivity index (χ0n) is 13.6. The molecule has 0 saturated carbocycles. The van der Waals surface area contributed by atoms with Crippen LogP contribution >= 0.6 is 23.2 Å². The van der Waals surface area contributed by atoms with E-state index in [9.17, 15) is 23.1 Å². The number of nitrogens with zero attached hydrogens (tertiary/aromatic N) is 2. The fourth-order valence-electron chi connectivity index (χ4n) is 1.90. The molecule has 0 bridgehead atoms. The first-order valence-corrected chi connectivity index (χ1v) is 8.11. The number of benzene rings is 1. The van der Waals surface area contributed by atoms with Gasteiger partial charge in [-0.2, -0.15) is 0 Å². The Morgan fingerprint density at radius 3 is 2.56 bits per heavy atom. The summed E-state index contributed by atoms with van der Waals surface area (Å²) in [5, 5.41) is 9.45. The van der Waals surface area contributed by atoms with Gasteiger partial charge in [-0.15, -0.1) is 0 Å². The fourth-order valence-corrected chi connectivity index (χ4v) is 2.31. The number of hydrogen-bond acceptors (Lipinski definition) is 5. The molecule has 0 amide bonds. The Bertz CT molecular complexity index is 949. The molecule has 0 aliphatic carbocycles. The maximum absolute atomic E-state index is 13.7. The average Bonchev–Trinajstić information content (AvgIpc) is 2.60. The van der Waals surface area contributed by atoms with E-state index in [0.717, 1.165) is 24.4 Å². The molecule has 0 atom stereocenters. The standard InChI is InChI=1S/C17H11Cl2F3N2O3/c1-2-27-17(26)10(7-23-13-4-3-8(20)5-11(13)21)14(25)9-6-12(22)16(19)24-15(9)18/h3-7,25H,2H2,1H3/b14-10-,23-7?. The van der Waals surface area contributed by atoms with Crippen molar-refractivity contribution in [1.29, 1.82) is 0 Å². The third-order valence-corrected chi connectivity index (χ3v) is 3.69. The third kappa shape index (κ3) is 4.99. The summed E-state index contributed by atoms with van der Waals surface area (Å²) in [6, 6.07) is 3.34. The first-order chi connectivity index (χ1) is 12.7. The van der Waals surface area contributed by atoms with Crippen LogP contribution in [-0.4, -0.2) is 28.9 Å². The van der Waals surface area contributed by atoms with Gasteiger partial charge in [-0.05, 0) is 25.1 Å². The Kier molecular flexibility index (Phi) is 6.81. The highest BCUT2D eigenvalue weighted by atomic mass is 35.5. The van der Waals surface area contributed by atoms with Gasteiger partial charge < -0.3 is 9.84 Å². The average molecular weight is 419 g/mol. The van der Waals surface area contributed by atoms with Crippen molar-refractivity contribution in [2.24, 2.45) is 4.99 Å². The van der Waals surface area contributed by atoms with Gasteiger partial charge in [0.15, 0.2) is 16.8 Å². The molecule has 0 aliphatic heterocycles. The molecule has 1 aromatic carbocycles. The van der Waals surface area contributed by atoms with E-state index in [4.69, 9.17) is 27.9 Å². The van der Waals surface area contributed by atoms with Crippen LogP contribution in [0.4, 0.5) is 18.9 Å². The molecule has 0 radical (unpaired) electrons. The largest absolute Gasteiger partial charge is 0.506 e. The molecule has 2 rings (SSSR count). The van der Waals surface area contributed by atoms with Crippen LogP contribution in [0.1, 0.15) is 12.5 Å². The molecule has 1 N–H and O–H groups in total. The summed E-state index contributed by atoms with van der Waals surface area (Å²) in [6.07, 6.45) is 0.784. The van der Waals surface area contributed by atoms with Gasteiger partial charge in [-0.3, -0.25) is 4.99 Å². The van der Waals surface area contributed by atoms with Gasteiger partial charge in [0.2, 0.25) is 0 Å². The lowest BCUT2D eigenvalue weighted by Crippen LogP contribution is -2.12. The van der Waals surface area contributed by atoms with Crippen molar-refractivity contribution < 1.29 is 27.8 Å². The summed E-state index contributed by atoms with van der Waals surface area (Å²) < 4.78 is 45.1. The third-order valence-electron chi connectivity index (χ3n) is 3.13. The molecule has 0 unspecified atom stereocenters. The Morgan fingerprint density at radius 1 is 1.22 bits per heavy atom. The zero-order valence-corrected chi connectivity index (χ0v) is 15.2. The molecule has 0 spiro atoms. The van der Waals surface area contributed by atoms with E-state index in [1.165, 1.54) is 6.92 Å². The molecule has 27 heavy (non-hydrogen) atoms. The molecular formula is C17H11Cl2F3N2O3. The Hall–Kier alpha value is -2.58. The van der Waals surface area contributed by atoms with E-state index in [2.05, 4.69) is 9.98 Å². The second-order valence-corrected chi connectivity index (χ2v) is 5.65. The number of esters is 1. The second kappa shape index (κ2) is 8.88. The molecule has 0 saturated heterocycles. The number of aromatic nitrogens is 1. The van der Waals surface area contributed by atoms with E-state index in [1.807, 2.05) is 0 Å². The van der Waals surface area contributed by atoms with Gasteiger partial charge in [0.05, 0.1) is 17.9 Å². The molecule has 2 aromatic rings. The highest BCUT2D eigenvalue weighted by Crippen LogP contribution is 2.27. The Morgan fingerprint density at radius 2 is 1.93 bits per heavy atom. The van der Waals surface area contributed by atoms with E-state index >= 15 is 0 Å². The van der Waals surface area contributed by atoms with Gasteiger partial charge in [-0.25, -0.2) is 22.9 Å². The van der Waals surface area contributed by atoms with Crippen LogP contribution in [0, 0.1) is 17.5 Å². The summed E-state index contributed by atoms with van der Waals surface area (Å²) in [7, 11) is 0. The maximum Gasteiger partial charge on any atom is 0.343 e. The lowest BCUT2D eigenvalue weighted by Gasteiger charge is -2.09. The number of carbonyl (C=O) groups excluding carboxylic acids is 1. The van der Waals surface area contributed by atoms with Gasteiger partial charge in [0.1, 0.15) is 22.3 Å². The predicted molar refractivity (Wildman–Crippen MR) is 94.9 cm³/mol. The normalized spacial score (nSPS) is 12.2. The zero-order chi connectivity index (χ0) is 20.1.